The van der Waals surface area contributed by atoms with Crippen molar-refractivity contribution in [1.82, 2.24) is 10.1 Å². The molecule has 19 heavy (non-hydrogen) atoms. The Morgan fingerprint density at radius 3 is 2.84 bits per heavy atom. The fraction of sp³-hybridized carbons (Fsp3) is 0.385. The molecule has 6 heteroatoms. The number of nitrogens with two attached hydrogens (primary N) is 1. The molecule has 0 bridgehead atoms. The first-order valence-corrected chi connectivity index (χ1v) is 6.77. The number of hydrogen-bond donors (Lipinski definition) is 2. The topological polar surface area (TPSA) is 85.2 Å². The van der Waals surface area contributed by atoms with Crippen LogP contribution in [0.1, 0.15) is 24.2 Å². The van der Waals surface area contributed by atoms with E-state index in [-0.39, 0.29) is 13.0 Å². The van der Waals surface area contributed by atoms with Crippen molar-refractivity contribution in [3.63, 3.8) is 0 Å². The number of aliphatic hydroxyl groups is 1. The molecule has 0 radical (unpaired) electrons. The molecule has 0 aliphatic heterocycles. The van der Waals surface area contributed by atoms with Crippen LogP contribution in [-0.2, 0) is 12.8 Å². The molecule has 0 saturated heterocycles. The van der Waals surface area contributed by atoms with E-state index in [0.29, 0.717) is 18.1 Å². The van der Waals surface area contributed by atoms with E-state index >= 15 is 0 Å². The van der Waals surface area contributed by atoms with Gasteiger partial charge in [-0.2, -0.15) is 4.98 Å². The second kappa shape index (κ2) is 5.81. The fourth-order valence-corrected chi connectivity index (χ4v) is 2.07. The SMILES string of the molecule is CC(O)(CN)Cc1nc(Cc2ccccc2Br)no1. The molecule has 0 spiro atoms. The molecule has 2 rings (SSSR count). The maximum atomic E-state index is 9.86. The molecule has 1 aromatic carbocycles. The van der Waals surface area contributed by atoms with Crippen LogP contribution in [0.4, 0.5) is 0 Å². The van der Waals surface area contributed by atoms with E-state index in [4.69, 9.17) is 10.3 Å². The summed E-state index contributed by atoms with van der Waals surface area (Å²) in [6, 6.07) is 7.87. The van der Waals surface area contributed by atoms with Crippen molar-refractivity contribution >= 4 is 15.9 Å². The minimum atomic E-state index is -1.02. The van der Waals surface area contributed by atoms with Crippen LogP contribution >= 0.6 is 15.9 Å². The van der Waals surface area contributed by atoms with Crippen LogP contribution < -0.4 is 5.73 Å². The van der Waals surface area contributed by atoms with Crippen LogP contribution in [0.3, 0.4) is 0 Å². The van der Waals surface area contributed by atoms with Gasteiger partial charge in [0.05, 0.1) is 12.0 Å². The van der Waals surface area contributed by atoms with E-state index in [1.165, 1.54) is 0 Å². The van der Waals surface area contributed by atoms with Gasteiger partial charge >= 0.3 is 0 Å². The Morgan fingerprint density at radius 2 is 2.16 bits per heavy atom. The second-order valence-corrected chi connectivity index (χ2v) is 5.60. The zero-order valence-electron chi connectivity index (χ0n) is 10.6. The standard InChI is InChI=1S/C13H16BrN3O2/c1-13(18,8-15)7-12-16-11(17-19-12)6-9-4-2-3-5-10(9)14/h2-5,18H,6-8,15H2,1H3. The predicted molar refractivity (Wildman–Crippen MR) is 74.6 cm³/mol. The third kappa shape index (κ3) is 3.86. The third-order valence-corrected chi connectivity index (χ3v) is 3.56. The van der Waals surface area contributed by atoms with Crippen molar-refractivity contribution in [1.29, 1.82) is 0 Å². The Kier molecular flexibility index (Phi) is 4.34. The highest BCUT2D eigenvalue weighted by molar-refractivity contribution is 9.10. The summed E-state index contributed by atoms with van der Waals surface area (Å²) >= 11 is 3.48. The summed E-state index contributed by atoms with van der Waals surface area (Å²) in [7, 11) is 0. The minimum Gasteiger partial charge on any atom is -0.388 e. The molecule has 5 nitrogen and oxygen atoms in total. The number of benzene rings is 1. The molecule has 0 amide bonds. The molecule has 1 aromatic heterocycles. The maximum Gasteiger partial charge on any atom is 0.229 e. The first-order chi connectivity index (χ1) is 9.00. The quantitative estimate of drug-likeness (QED) is 0.873. The molecule has 3 N–H and O–H groups in total. The molecule has 2 aromatic rings. The van der Waals surface area contributed by atoms with Gasteiger partial charge in [0.25, 0.3) is 0 Å². The highest BCUT2D eigenvalue weighted by Crippen LogP contribution is 2.19. The number of hydrogen-bond acceptors (Lipinski definition) is 5. The molecule has 0 saturated carbocycles. The van der Waals surface area contributed by atoms with Crippen LogP contribution in [0.5, 0.6) is 0 Å². The zero-order valence-corrected chi connectivity index (χ0v) is 12.2. The smallest absolute Gasteiger partial charge is 0.229 e. The van der Waals surface area contributed by atoms with Gasteiger partial charge in [0, 0.05) is 17.4 Å². The molecule has 0 aliphatic rings. The summed E-state index contributed by atoms with van der Waals surface area (Å²) in [5.41, 5.74) is 5.53. The van der Waals surface area contributed by atoms with Crippen molar-refractivity contribution in [2.45, 2.75) is 25.4 Å². The van der Waals surface area contributed by atoms with Crippen LogP contribution in [0, 0.1) is 0 Å². The van der Waals surface area contributed by atoms with Gasteiger partial charge in [-0.15, -0.1) is 0 Å². The first-order valence-electron chi connectivity index (χ1n) is 5.97. The van der Waals surface area contributed by atoms with Gasteiger partial charge in [-0.05, 0) is 18.6 Å². The van der Waals surface area contributed by atoms with Crippen LogP contribution in [0.15, 0.2) is 33.3 Å². The Bertz CT molecular complexity index is 554. The lowest BCUT2D eigenvalue weighted by molar-refractivity contribution is 0.0610. The van der Waals surface area contributed by atoms with Gasteiger partial charge < -0.3 is 15.4 Å². The van der Waals surface area contributed by atoms with E-state index < -0.39 is 5.60 Å². The number of halogens is 1. The van der Waals surface area contributed by atoms with Crippen LogP contribution in [0.2, 0.25) is 0 Å². The van der Waals surface area contributed by atoms with E-state index in [1.807, 2.05) is 24.3 Å². The maximum absolute atomic E-state index is 9.86. The summed E-state index contributed by atoms with van der Waals surface area (Å²) in [6.45, 7) is 1.79. The molecule has 1 unspecified atom stereocenters. The first kappa shape index (κ1) is 14.2. The molecule has 102 valence electrons. The highest BCUT2D eigenvalue weighted by atomic mass is 79.9. The van der Waals surface area contributed by atoms with E-state index in [0.717, 1.165) is 10.0 Å². The molecular weight excluding hydrogens is 310 g/mol. The Labute approximate surface area is 119 Å². The Morgan fingerprint density at radius 1 is 1.42 bits per heavy atom. The predicted octanol–water partition coefficient (Wildman–Crippen LogP) is 1.68. The van der Waals surface area contributed by atoms with Crippen LogP contribution in [-0.4, -0.2) is 27.4 Å². The van der Waals surface area contributed by atoms with Gasteiger partial charge in [0.2, 0.25) is 5.89 Å². The highest BCUT2D eigenvalue weighted by Gasteiger charge is 2.22. The molecule has 0 aliphatic carbocycles. The lowest BCUT2D eigenvalue weighted by atomic mass is 10.0. The van der Waals surface area contributed by atoms with Crippen molar-refractivity contribution in [3.05, 3.63) is 46.0 Å². The normalized spacial score (nSPS) is 14.3. The zero-order chi connectivity index (χ0) is 13.9. The Balaban J connectivity index is 2.08. The van der Waals surface area contributed by atoms with E-state index in [1.54, 1.807) is 6.92 Å². The van der Waals surface area contributed by atoms with Crippen molar-refractivity contribution in [2.75, 3.05) is 6.54 Å². The Hall–Kier alpha value is -1.24. The summed E-state index contributed by atoms with van der Waals surface area (Å²) in [5.74, 6) is 0.993. The summed E-state index contributed by atoms with van der Waals surface area (Å²) in [5, 5.41) is 13.8. The molecule has 1 heterocycles. The number of rotatable bonds is 5. The summed E-state index contributed by atoms with van der Waals surface area (Å²) < 4.78 is 6.13. The molecule has 1 atom stereocenters. The molecular formula is C13H16BrN3O2. The van der Waals surface area contributed by atoms with Crippen molar-refractivity contribution in [3.8, 4) is 0 Å². The van der Waals surface area contributed by atoms with Gasteiger partial charge in [-0.25, -0.2) is 0 Å². The van der Waals surface area contributed by atoms with E-state index in [9.17, 15) is 5.11 Å². The monoisotopic (exact) mass is 325 g/mol. The average Bonchev–Trinajstić information content (AvgIpc) is 2.79. The molecule has 0 fully saturated rings. The summed E-state index contributed by atoms with van der Waals surface area (Å²) in [4.78, 5) is 4.27. The van der Waals surface area contributed by atoms with Crippen LogP contribution in [0.25, 0.3) is 0 Å². The number of nitrogens with zero attached hydrogens (tertiary/aromatic N) is 2. The lowest BCUT2D eigenvalue weighted by Gasteiger charge is -2.17. The van der Waals surface area contributed by atoms with Gasteiger partial charge in [-0.3, -0.25) is 0 Å². The van der Waals surface area contributed by atoms with Gasteiger partial charge in [-0.1, -0.05) is 39.3 Å². The fourth-order valence-electron chi connectivity index (χ4n) is 1.64. The van der Waals surface area contributed by atoms with Gasteiger partial charge in [0.15, 0.2) is 5.82 Å². The minimum absolute atomic E-state index is 0.148. The average molecular weight is 326 g/mol. The largest absolute Gasteiger partial charge is 0.388 e. The summed E-state index contributed by atoms with van der Waals surface area (Å²) in [6.07, 6.45) is 0.835. The lowest BCUT2D eigenvalue weighted by Crippen LogP contribution is -2.36. The van der Waals surface area contributed by atoms with E-state index in [2.05, 4.69) is 26.1 Å². The van der Waals surface area contributed by atoms with Crippen molar-refractivity contribution in [2.24, 2.45) is 5.73 Å². The number of aromatic nitrogens is 2. The van der Waals surface area contributed by atoms with Crippen molar-refractivity contribution < 1.29 is 9.63 Å². The second-order valence-electron chi connectivity index (χ2n) is 4.75. The van der Waals surface area contributed by atoms with Gasteiger partial charge in [0.1, 0.15) is 0 Å². The third-order valence-electron chi connectivity index (χ3n) is 2.79.